The summed E-state index contributed by atoms with van der Waals surface area (Å²) >= 11 is 3.48. The molecule has 16 heavy (non-hydrogen) atoms. The molecule has 0 N–H and O–H groups in total. The van der Waals surface area contributed by atoms with Crippen molar-refractivity contribution in [3.8, 4) is 5.75 Å². The van der Waals surface area contributed by atoms with Crippen LogP contribution in [0.3, 0.4) is 0 Å². The minimum atomic E-state index is 0.620. The van der Waals surface area contributed by atoms with Crippen molar-refractivity contribution in [2.75, 3.05) is 6.61 Å². The highest BCUT2D eigenvalue weighted by Crippen LogP contribution is 2.26. The number of benzene rings is 1. The molecule has 1 aromatic rings. The van der Waals surface area contributed by atoms with Gasteiger partial charge in [-0.05, 0) is 36.5 Å². The summed E-state index contributed by atoms with van der Waals surface area (Å²) in [5.41, 5.74) is 3.78. The zero-order valence-electron chi connectivity index (χ0n) is 10.6. The van der Waals surface area contributed by atoms with Gasteiger partial charge in [0.05, 0.1) is 6.61 Å². The van der Waals surface area contributed by atoms with Crippen LogP contribution >= 0.6 is 15.9 Å². The minimum absolute atomic E-state index is 0.620. The van der Waals surface area contributed by atoms with E-state index in [0.29, 0.717) is 5.92 Å². The number of hydrogen-bond acceptors (Lipinski definition) is 1. The van der Waals surface area contributed by atoms with Crippen LogP contribution in [0.1, 0.15) is 37.0 Å². The molecular weight excluding hydrogens is 264 g/mol. The number of alkyl halides is 1. The maximum atomic E-state index is 5.90. The van der Waals surface area contributed by atoms with Crippen LogP contribution in [-0.4, -0.2) is 6.61 Å². The average molecular weight is 285 g/mol. The average Bonchev–Trinajstić information content (AvgIpc) is 2.27. The maximum absolute atomic E-state index is 5.90. The molecule has 0 aliphatic heterocycles. The van der Waals surface area contributed by atoms with Gasteiger partial charge < -0.3 is 4.74 Å². The molecule has 1 aromatic carbocycles. The first-order valence-electron chi connectivity index (χ1n) is 5.87. The fourth-order valence-electron chi connectivity index (χ4n) is 1.69. The Hall–Kier alpha value is -0.500. The zero-order chi connectivity index (χ0) is 12.1. The molecule has 1 unspecified atom stereocenters. The Kier molecular flexibility index (Phi) is 5.33. The zero-order valence-corrected chi connectivity index (χ0v) is 12.2. The highest BCUT2D eigenvalue weighted by Gasteiger charge is 2.07. The van der Waals surface area contributed by atoms with Crippen LogP contribution in [0, 0.1) is 19.8 Å². The number of aryl methyl sites for hydroxylation is 2. The lowest BCUT2D eigenvalue weighted by atomic mass is 10.1. The predicted molar refractivity (Wildman–Crippen MR) is 73.5 cm³/mol. The first kappa shape index (κ1) is 13.6. The second-order valence-corrected chi connectivity index (χ2v) is 5.08. The van der Waals surface area contributed by atoms with Gasteiger partial charge >= 0.3 is 0 Å². The molecule has 0 radical (unpaired) electrons. The van der Waals surface area contributed by atoms with Crippen molar-refractivity contribution in [3.05, 3.63) is 28.8 Å². The van der Waals surface area contributed by atoms with E-state index in [0.717, 1.165) is 24.1 Å². The van der Waals surface area contributed by atoms with Gasteiger partial charge in [-0.2, -0.15) is 0 Å². The van der Waals surface area contributed by atoms with Crippen molar-refractivity contribution in [2.24, 2.45) is 5.92 Å². The standard InChI is InChI=1S/C14H21BrO/c1-5-10(2)9-16-14-11(3)6-13(8-15)7-12(14)4/h6-7,10H,5,8-9H2,1-4H3. The fraction of sp³-hybridized carbons (Fsp3) is 0.571. The molecule has 2 heteroatoms. The van der Waals surface area contributed by atoms with Gasteiger partial charge in [-0.3, -0.25) is 0 Å². The highest BCUT2D eigenvalue weighted by atomic mass is 79.9. The molecule has 0 heterocycles. The van der Waals surface area contributed by atoms with Gasteiger partial charge in [0.2, 0.25) is 0 Å². The Labute approximate surface area is 107 Å². The van der Waals surface area contributed by atoms with Gasteiger partial charge in [0.1, 0.15) is 5.75 Å². The Morgan fingerprint density at radius 1 is 1.25 bits per heavy atom. The summed E-state index contributed by atoms with van der Waals surface area (Å²) in [6.07, 6.45) is 1.16. The molecule has 0 fully saturated rings. The summed E-state index contributed by atoms with van der Waals surface area (Å²) in [6, 6.07) is 4.38. The van der Waals surface area contributed by atoms with Crippen LogP contribution in [0.25, 0.3) is 0 Å². The van der Waals surface area contributed by atoms with Gasteiger partial charge in [0.25, 0.3) is 0 Å². The molecule has 0 saturated carbocycles. The lowest BCUT2D eigenvalue weighted by molar-refractivity contribution is 0.253. The van der Waals surface area contributed by atoms with E-state index in [1.807, 2.05) is 0 Å². The third-order valence-electron chi connectivity index (χ3n) is 2.88. The SMILES string of the molecule is CCC(C)COc1c(C)cc(CBr)cc1C. The largest absolute Gasteiger partial charge is 0.493 e. The minimum Gasteiger partial charge on any atom is -0.493 e. The molecule has 1 nitrogen and oxygen atoms in total. The summed E-state index contributed by atoms with van der Waals surface area (Å²) in [7, 11) is 0. The van der Waals surface area contributed by atoms with E-state index in [1.54, 1.807) is 0 Å². The molecule has 0 aliphatic rings. The van der Waals surface area contributed by atoms with E-state index >= 15 is 0 Å². The third kappa shape index (κ3) is 3.51. The second-order valence-electron chi connectivity index (χ2n) is 4.52. The first-order chi connectivity index (χ1) is 7.58. The second kappa shape index (κ2) is 6.29. The van der Waals surface area contributed by atoms with Crippen molar-refractivity contribution in [3.63, 3.8) is 0 Å². The summed E-state index contributed by atoms with van der Waals surface area (Å²) in [6.45, 7) is 9.46. The van der Waals surface area contributed by atoms with Gasteiger partial charge in [-0.15, -0.1) is 0 Å². The van der Waals surface area contributed by atoms with Crippen LogP contribution in [-0.2, 0) is 5.33 Å². The summed E-state index contributed by atoms with van der Waals surface area (Å²) in [5, 5.41) is 0.903. The number of hydrogen-bond donors (Lipinski definition) is 0. The van der Waals surface area contributed by atoms with Crippen molar-refractivity contribution < 1.29 is 4.74 Å². The van der Waals surface area contributed by atoms with Gasteiger partial charge in [-0.25, -0.2) is 0 Å². The van der Waals surface area contributed by atoms with Crippen LogP contribution < -0.4 is 4.74 Å². The summed E-state index contributed by atoms with van der Waals surface area (Å²) < 4.78 is 5.90. The Morgan fingerprint density at radius 3 is 2.25 bits per heavy atom. The van der Waals surface area contributed by atoms with Crippen molar-refractivity contribution in [1.29, 1.82) is 0 Å². The Balaban J connectivity index is 2.80. The lowest BCUT2D eigenvalue weighted by Gasteiger charge is -2.16. The van der Waals surface area contributed by atoms with E-state index in [2.05, 4.69) is 55.8 Å². The number of rotatable bonds is 5. The monoisotopic (exact) mass is 284 g/mol. The molecule has 0 spiro atoms. The van der Waals surface area contributed by atoms with Crippen LogP contribution in [0.5, 0.6) is 5.75 Å². The van der Waals surface area contributed by atoms with E-state index in [4.69, 9.17) is 4.74 Å². The molecule has 1 rings (SSSR count). The van der Waals surface area contributed by atoms with E-state index in [-0.39, 0.29) is 0 Å². The first-order valence-corrected chi connectivity index (χ1v) is 6.99. The van der Waals surface area contributed by atoms with Gasteiger partial charge in [0.15, 0.2) is 0 Å². The van der Waals surface area contributed by atoms with Gasteiger partial charge in [-0.1, -0.05) is 48.3 Å². The molecular formula is C14H21BrO. The lowest BCUT2D eigenvalue weighted by Crippen LogP contribution is -2.09. The molecule has 0 amide bonds. The molecule has 90 valence electrons. The van der Waals surface area contributed by atoms with Crippen molar-refractivity contribution in [1.82, 2.24) is 0 Å². The molecule has 0 aromatic heterocycles. The molecule has 1 atom stereocenters. The van der Waals surface area contributed by atoms with Crippen molar-refractivity contribution >= 4 is 15.9 Å². The number of ether oxygens (including phenoxy) is 1. The quantitative estimate of drug-likeness (QED) is 0.717. The smallest absolute Gasteiger partial charge is 0.125 e. The maximum Gasteiger partial charge on any atom is 0.125 e. The Morgan fingerprint density at radius 2 is 1.81 bits per heavy atom. The molecule has 0 bridgehead atoms. The highest BCUT2D eigenvalue weighted by molar-refractivity contribution is 9.08. The van der Waals surface area contributed by atoms with Crippen LogP contribution in [0.15, 0.2) is 12.1 Å². The van der Waals surface area contributed by atoms with E-state index in [1.165, 1.54) is 16.7 Å². The predicted octanol–water partition coefficient (Wildman–Crippen LogP) is 4.62. The van der Waals surface area contributed by atoms with Gasteiger partial charge in [0, 0.05) is 5.33 Å². The normalized spacial score (nSPS) is 12.6. The summed E-state index contributed by atoms with van der Waals surface area (Å²) in [5.74, 6) is 1.68. The third-order valence-corrected chi connectivity index (χ3v) is 3.53. The Bertz CT molecular complexity index is 324. The molecule has 0 aliphatic carbocycles. The van der Waals surface area contributed by atoms with Crippen LogP contribution in [0.4, 0.5) is 0 Å². The topological polar surface area (TPSA) is 9.23 Å². The van der Waals surface area contributed by atoms with E-state index in [9.17, 15) is 0 Å². The van der Waals surface area contributed by atoms with E-state index < -0.39 is 0 Å². The van der Waals surface area contributed by atoms with Crippen LogP contribution in [0.2, 0.25) is 0 Å². The van der Waals surface area contributed by atoms with Crippen molar-refractivity contribution in [2.45, 2.75) is 39.4 Å². The fourth-order valence-corrected chi connectivity index (χ4v) is 2.01. The number of halogens is 1. The molecule has 0 saturated heterocycles. The summed E-state index contributed by atoms with van der Waals surface area (Å²) in [4.78, 5) is 0.